The second-order valence-electron chi connectivity index (χ2n) is 2.40. The maximum atomic E-state index is 11.1. The van der Waals surface area contributed by atoms with Gasteiger partial charge >= 0.3 is 6.03 Å². The zero-order valence-corrected chi connectivity index (χ0v) is 8.59. The van der Waals surface area contributed by atoms with Gasteiger partial charge in [-0.25, -0.2) is 4.79 Å². The molecule has 1 heterocycles. The lowest BCUT2D eigenvalue weighted by molar-refractivity contribution is 0.205. The molecule has 1 aliphatic rings. The number of halogens is 1. The molecule has 1 rings (SSSR count). The quantitative estimate of drug-likeness (QED) is 0.659. The van der Waals surface area contributed by atoms with E-state index in [0.29, 0.717) is 0 Å². The molecule has 0 radical (unpaired) electrons. The summed E-state index contributed by atoms with van der Waals surface area (Å²) in [5.41, 5.74) is 0. The van der Waals surface area contributed by atoms with Crippen LogP contribution >= 0.6 is 22.6 Å². The molecule has 0 aliphatic carbocycles. The predicted octanol–water partition coefficient (Wildman–Crippen LogP) is 1.35. The van der Waals surface area contributed by atoms with Crippen LogP contribution in [0, 0.1) is 0 Å². The van der Waals surface area contributed by atoms with Crippen molar-refractivity contribution >= 4 is 28.6 Å². The molecule has 0 saturated carbocycles. The summed E-state index contributed by atoms with van der Waals surface area (Å²) in [5, 5.41) is 2.60. The van der Waals surface area contributed by atoms with Crippen LogP contribution in [0.3, 0.4) is 0 Å². The van der Waals surface area contributed by atoms with E-state index in [0.717, 1.165) is 19.5 Å². The van der Waals surface area contributed by atoms with Gasteiger partial charge in [0.05, 0.1) is 0 Å². The summed E-state index contributed by atoms with van der Waals surface area (Å²) in [6.07, 6.45) is 3.08. The van der Waals surface area contributed by atoms with Gasteiger partial charge in [0.25, 0.3) is 0 Å². The first kappa shape index (κ1) is 8.83. The Labute approximate surface area is 80.0 Å². The summed E-state index contributed by atoms with van der Waals surface area (Å²) in [6.45, 7) is 1.59. The van der Waals surface area contributed by atoms with Crippen molar-refractivity contribution in [3.63, 3.8) is 0 Å². The number of carbonyl (C=O) groups excluding carboxylic acids is 1. The third-order valence-electron chi connectivity index (χ3n) is 1.65. The normalized spacial score (nSPS) is 17.6. The van der Waals surface area contributed by atoms with E-state index in [2.05, 4.69) is 34.0 Å². The summed E-state index contributed by atoms with van der Waals surface area (Å²) in [5.74, 6) is 0. The largest absolute Gasteiger partial charge is 0.341 e. The summed E-state index contributed by atoms with van der Waals surface area (Å²) >= 11 is 2.30. The molecule has 11 heavy (non-hydrogen) atoms. The molecular formula is C7H11IN2O. The molecule has 4 heteroatoms. The van der Waals surface area contributed by atoms with Crippen molar-refractivity contribution in [1.29, 1.82) is 0 Å². The number of nitrogens with one attached hydrogen (secondary N) is 1. The highest BCUT2D eigenvalue weighted by Gasteiger charge is 2.13. The van der Waals surface area contributed by atoms with Crippen molar-refractivity contribution in [3.05, 3.63) is 9.66 Å². The molecule has 0 atom stereocenters. The zero-order valence-electron chi connectivity index (χ0n) is 6.43. The zero-order chi connectivity index (χ0) is 8.27. The Morgan fingerprint density at radius 1 is 1.82 bits per heavy atom. The Balaban J connectivity index is 2.47. The lowest BCUT2D eigenvalue weighted by Gasteiger charge is -2.24. The van der Waals surface area contributed by atoms with Crippen molar-refractivity contribution in [2.75, 3.05) is 20.1 Å². The highest BCUT2D eigenvalue weighted by Crippen LogP contribution is 2.16. The van der Waals surface area contributed by atoms with Crippen molar-refractivity contribution in [2.45, 2.75) is 6.42 Å². The van der Waals surface area contributed by atoms with E-state index in [1.165, 1.54) is 3.58 Å². The van der Waals surface area contributed by atoms with Crippen LogP contribution in [0.25, 0.3) is 0 Å². The van der Waals surface area contributed by atoms with Gasteiger partial charge in [-0.3, -0.25) is 0 Å². The van der Waals surface area contributed by atoms with E-state index in [4.69, 9.17) is 0 Å². The Morgan fingerprint density at radius 3 is 3.00 bits per heavy atom. The van der Waals surface area contributed by atoms with Gasteiger partial charge in [-0.1, -0.05) is 6.08 Å². The molecule has 0 saturated heterocycles. The van der Waals surface area contributed by atoms with Crippen LogP contribution in [-0.2, 0) is 0 Å². The first-order valence-electron chi connectivity index (χ1n) is 3.55. The van der Waals surface area contributed by atoms with Gasteiger partial charge in [-0.2, -0.15) is 0 Å². The first-order chi connectivity index (χ1) is 5.24. The predicted molar refractivity (Wildman–Crippen MR) is 52.7 cm³/mol. The molecule has 0 fully saturated rings. The summed E-state index contributed by atoms with van der Waals surface area (Å²) < 4.78 is 1.35. The van der Waals surface area contributed by atoms with Gasteiger partial charge in [0, 0.05) is 20.1 Å². The Bertz CT molecular complexity index is 191. The SMILES string of the molecule is CNC(=O)N1CC=C(I)CC1. The summed E-state index contributed by atoms with van der Waals surface area (Å²) in [4.78, 5) is 12.9. The second-order valence-corrected chi connectivity index (χ2v) is 3.79. The lowest BCUT2D eigenvalue weighted by Crippen LogP contribution is -2.40. The van der Waals surface area contributed by atoms with Crippen LogP contribution in [-0.4, -0.2) is 31.1 Å². The molecule has 0 bridgehead atoms. The fourth-order valence-corrected chi connectivity index (χ4v) is 1.43. The van der Waals surface area contributed by atoms with Gasteiger partial charge in [-0.15, -0.1) is 0 Å². The van der Waals surface area contributed by atoms with Gasteiger partial charge < -0.3 is 10.2 Å². The molecule has 62 valence electrons. The van der Waals surface area contributed by atoms with Crippen LogP contribution in [0.4, 0.5) is 4.79 Å². The first-order valence-corrected chi connectivity index (χ1v) is 4.63. The number of hydrogen-bond donors (Lipinski definition) is 1. The summed E-state index contributed by atoms with van der Waals surface area (Å²) in [6, 6.07) is 0.0187. The van der Waals surface area contributed by atoms with Gasteiger partial charge in [0.1, 0.15) is 0 Å². The van der Waals surface area contributed by atoms with Crippen molar-refractivity contribution in [1.82, 2.24) is 10.2 Å². The topological polar surface area (TPSA) is 32.3 Å². The van der Waals surface area contributed by atoms with Crippen molar-refractivity contribution < 1.29 is 4.79 Å². The Morgan fingerprint density at radius 2 is 2.55 bits per heavy atom. The number of rotatable bonds is 0. The van der Waals surface area contributed by atoms with Crippen LogP contribution in [0.15, 0.2) is 9.66 Å². The fraction of sp³-hybridized carbons (Fsp3) is 0.571. The fourth-order valence-electron chi connectivity index (χ4n) is 0.987. The molecule has 2 amide bonds. The Kier molecular flexibility index (Phi) is 3.16. The van der Waals surface area contributed by atoms with Crippen molar-refractivity contribution in [2.24, 2.45) is 0 Å². The van der Waals surface area contributed by atoms with Crippen LogP contribution < -0.4 is 5.32 Å². The molecule has 0 spiro atoms. The van der Waals surface area contributed by atoms with Crippen LogP contribution in [0.2, 0.25) is 0 Å². The van der Waals surface area contributed by atoms with E-state index < -0.39 is 0 Å². The van der Waals surface area contributed by atoms with Crippen LogP contribution in [0.5, 0.6) is 0 Å². The smallest absolute Gasteiger partial charge is 0.317 e. The molecule has 0 aromatic heterocycles. The van der Waals surface area contributed by atoms with Crippen molar-refractivity contribution in [3.8, 4) is 0 Å². The number of amides is 2. The van der Waals surface area contributed by atoms with E-state index >= 15 is 0 Å². The lowest BCUT2D eigenvalue weighted by atomic mass is 10.3. The maximum Gasteiger partial charge on any atom is 0.317 e. The molecule has 0 unspecified atom stereocenters. The Hall–Kier alpha value is -0.260. The standard InChI is InChI=1S/C7H11IN2O/c1-9-7(11)10-4-2-6(8)3-5-10/h2H,3-5H2,1H3,(H,9,11). The maximum absolute atomic E-state index is 11.1. The van der Waals surface area contributed by atoms with Gasteiger partial charge in [0.15, 0.2) is 0 Å². The molecule has 3 nitrogen and oxygen atoms in total. The minimum absolute atomic E-state index is 0.0187. The third kappa shape index (κ3) is 2.36. The van der Waals surface area contributed by atoms with E-state index in [1.807, 2.05) is 0 Å². The van der Waals surface area contributed by atoms with E-state index in [-0.39, 0.29) is 6.03 Å². The monoisotopic (exact) mass is 266 g/mol. The molecule has 1 N–H and O–H groups in total. The van der Waals surface area contributed by atoms with Gasteiger partial charge in [-0.05, 0) is 32.6 Å². The third-order valence-corrected chi connectivity index (χ3v) is 2.63. The highest BCUT2D eigenvalue weighted by molar-refractivity contribution is 14.1. The highest BCUT2D eigenvalue weighted by atomic mass is 127. The summed E-state index contributed by atoms with van der Waals surface area (Å²) in [7, 11) is 1.66. The van der Waals surface area contributed by atoms with E-state index in [1.54, 1.807) is 11.9 Å². The minimum Gasteiger partial charge on any atom is -0.341 e. The number of urea groups is 1. The number of hydrogen-bond acceptors (Lipinski definition) is 1. The molecular weight excluding hydrogens is 255 g/mol. The number of carbonyl (C=O) groups is 1. The number of nitrogens with zero attached hydrogens (tertiary/aromatic N) is 1. The average Bonchev–Trinajstić information content (AvgIpc) is 2.05. The van der Waals surface area contributed by atoms with Gasteiger partial charge in [0.2, 0.25) is 0 Å². The second kappa shape index (κ2) is 3.94. The minimum atomic E-state index is 0.0187. The van der Waals surface area contributed by atoms with E-state index in [9.17, 15) is 4.79 Å². The molecule has 0 aromatic carbocycles. The van der Waals surface area contributed by atoms with Crippen LogP contribution in [0.1, 0.15) is 6.42 Å². The average molecular weight is 266 g/mol. The molecule has 0 aromatic rings. The molecule has 1 aliphatic heterocycles.